The highest BCUT2D eigenvalue weighted by atomic mass is 35.5. The van der Waals surface area contributed by atoms with Crippen molar-refractivity contribution in [1.82, 2.24) is 15.4 Å². The van der Waals surface area contributed by atoms with Crippen molar-refractivity contribution >= 4 is 40.9 Å². The molecule has 0 atom stereocenters. The molecule has 1 aromatic heterocycles. The fourth-order valence-electron chi connectivity index (χ4n) is 1.34. The van der Waals surface area contributed by atoms with E-state index in [0.717, 1.165) is 4.42 Å². The van der Waals surface area contributed by atoms with Crippen molar-refractivity contribution in [3.8, 4) is 0 Å². The predicted molar refractivity (Wildman–Crippen MR) is 66.2 cm³/mol. The Kier molecular flexibility index (Phi) is 3.59. The zero-order valence-corrected chi connectivity index (χ0v) is 10.3. The van der Waals surface area contributed by atoms with Gasteiger partial charge in [-0.2, -0.15) is 0 Å². The number of aromatic nitrogens is 3. The average molecular weight is 285 g/mol. The predicted octanol–water partition coefficient (Wildman–Crippen LogP) is 2.52. The summed E-state index contributed by atoms with van der Waals surface area (Å²) in [6.45, 7) is 0. The number of carboxylic acid groups (broad SMARTS) is 1. The summed E-state index contributed by atoms with van der Waals surface area (Å²) in [5.74, 6) is -0.914. The monoisotopic (exact) mass is 284 g/mol. The fraction of sp³-hybridized carbons (Fsp3) is 0. The molecule has 0 bridgehead atoms. The van der Waals surface area contributed by atoms with Gasteiger partial charge in [-0.3, -0.25) is 0 Å². The normalized spacial score (nSPS) is 10.1. The van der Waals surface area contributed by atoms with Crippen LogP contribution in [0, 0.1) is 0 Å². The van der Waals surface area contributed by atoms with Crippen LogP contribution in [0.15, 0.2) is 30.5 Å². The highest BCUT2D eigenvalue weighted by Crippen LogP contribution is 2.35. The van der Waals surface area contributed by atoms with E-state index in [0.29, 0.717) is 0 Å². The molecule has 1 N–H and O–H groups in total. The van der Waals surface area contributed by atoms with Gasteiger partial charge in [0.05, 0.1) is 22.5 Å². The van der Waals surface area contributed by atoms with Gasteiger partial charge in [0.15, 0.2) is 5.82 Å². The van der Waals surface area contributed by atoms with E-state index in [-0.39, 0.29) is 22.1 Å². The first-order valence-corrected chi connectivity index (χ1v) is 5.45. The van der Waals surface area contributed by atoms with Crippen LogP contribution in [0.2, 0.25) is 5.02 Å². The molecule has 0 spiro atoms. The van der Waals surface area contributed by atoms with E-state index in [1.165, 1.54) is 30.5 Å². The number of hydrogen-bond acceptors (Lipinski definition) is 5. The average Bonchev–Trinajstić information content (AvgIpc) is 2.38. The quantitative estimate of drug-likeness (QED) is 0.873. The van der Waals surface area contributed by atoms with Crippen LogP contribution < -0.4 is 4.42 Å². The van der Waals surface area contributed by atoms with E-state index in [1.807, 2.05) is 0 Å². The number of benzene rings is 1. The molecule has 0 amide bonds. The maximum atomic E-state index is 11.1. The van der Waals surface area contributed by atoms with Gasteiger partial charge < -0.3 is 5.11 Å². The molecule has 0 saturated heterocycles. The van der Waals surface area contributed by atoms with Crippen LogP contribution >= 0.6 is 23.4 Å². The van der Waals surface area contributed by atoms with E-state index >= 15 is 0 Å². The van der Waals surface area contributed by atoms with Gasteiger partial charge in [-0.25, -0.2) is 9.21 Å². The van der Waals surface area contributed by atoms with Gasteiger partial charge in [-0.15, -0.1) is 10.2 Å². The van der Waals surface area contributed by atoms with Gasteiger partial charge in [0, 0.05) is 17.8 Å². The Bertz CT molecular complexity index is 579. The molecule has 0 radical (unpaired) electrons. The Morgan fingerprint density at radius 1 is 1.33 bits per heavy atom. The molecular formula is C10H6Cl2N4O2. The summed E-state index contributed by atoms with van der Waals surface area (Å²) in [7, 11) is 0. The first-order chi connectivity index (χ1) is 8.61. The Morgan fingerprint density at radius 3 is 2.72 bits per heavy atom. The second-order valence-electron chi connectivity index (χ2n) is 3.20. The van der Waals surface area contributed by atoms with Gasteiger partial charge in [0.25, 0.3) is 0 Å². The van der Waals surface area contributed by atoms with Crippen LogP contribution in [0.25, 0.3) is 0 Å². The van der Waals surface area contributed by atoms with E-state index in [1.54, 1.807) is 0 Å². The van der Waals surface area contributed by atoms with Gasteiger partial charge in [0.1, 0.15) is 0 Å². The van der Waals surface area contributed by atoms with Crippen molar-refractivity contribution in [1.29, 1.82) is 0 Å². The lowest BCUT2D eigenvalue weighted by atomic mass is 10.2. The van der Waals surface area contributed by atoms with Crippen molar-refractivity contribution in [3.63, 3.8) is 0 Å². The molecule has 0 aliphatic heterocycles. The highest BCUT2D eigenvalue weighted by Gasteiger charge is 2.20. The van der Waals surface area contributed by atoms with Crippen molar-refractivity contribution in [3.05, 3.63) is 41.0 Å². The van der Waals surface area contributed by atoms with E-state index in [2.05, 4.69) is 15.4 Å². The fourth-order valence-corrected chi connectivity index (χ4v) is 1.92. The number of nitrogens with zero attached hydrogens (tertiary/aromatic N) is 4. The number of aromatic carboxylic acids is 1. The van der Waals surface area contributed by atoms with Gasteiger partial charge in [-0.05, 0) is 17.3 Å². The summed E-state index contributed by atoms with van der Waals surface area (Å²) < 4.78 is 1.03. The third kappa shape index (κ3) is 2.34. The van der Waals surface area contributed by atoms with Gasteiger partial charge in [0.2, 0.25) is 0 Å². The van der Waals surface area contributed by atoms with Crippen molar-refractivity contribution in [2.24, 2.45) is 0 Å². The van der Waals surface area contributed by atoms with Crippen LogP contribution in [0.3, 0.4) is 0 Å². The Labute approximate surface area is 112 Å². The highest BCUT2D eigenvalue weighted by molar-refractivity contribution is 6.38. The number of anilines is 2. The van der Waals surface area contributed by atoms with Crippen LogP contribution in [0.1, 0.15) is 10.4 Å². The standard InChI is InChI=1S/C10H6Cl2N4O2/c11-7-3-1-2-6(10(17)18)9(7)16(12)8-4-5-13-15-14-8/h1-5H,(H,17,18). The van der Waals surface area contributed by atoms with E-state index in [4.69, 9.17) is 28.5 Å². The molecule has 18 heavy (non-hydrogen) atoms. The van der Waals surface area contributed by atoms with Crippen molar-refractivity contribution in [2.75, 3.05) is 4.42 Å². The zero-order valence-electron chi connectivity index (χ0n) is 8.79. The molecule has 0 aliphatic rings. The largest absolute Gasteiger partial charge is 0.478 e. The molecule has 1 aromatic carbocycles. The molecule has 6 nitrogen and oxygen atoms in total. The lowest BCUT2D eigenvalue weighted by Gasteiger charge is -2.17. The summed E-state index contributed by atoms with van der Waals surface area (Å²) in [6, 6.07) is 5.94. The molecule has 0 unspecified atom stereocenters. The number of carbonyl (C=O) groups is 1. The topological polar surface area (TPSA) is 79.2 Å². The Balaban J connectivity index is 2.54. The molecule has 2 rings (SSSR count). The molecule has 0 aliphatic carbocycles. The minimum Gasteiger partial charge on any atom is -0.478 e. The second kappa shape index (κ2) is 5.16. The van der Waals surface area contributed by atoms with Gasteiger partial charge in [-0.1, -0.05) is 17.7 Å². The summed E-state index contributed by atoms with van der Waals surface area (Å²) in [6.07, 6.45) is 1.38. The third-order valence-electron chi connectivity index (χ3n) is 2.10. The maximum absolute atomic E-state index is 11.1. The zero-order chi connectivity index (χ0) is 13.1. The van der Waals surface area contributed by atoms with Crippen LogP contribution in [0.4, 0.5) is 11.5 Å². The molecule has 0 saturated carbocycles. The first-order valence-electron chi connectivity index (χ1n) is 4.73. The summed E-state index contributed by atoms with van der Waals surface area (Å²) in [4.78, 5) is 11.1. The third-order valence-corrected chi connectivity index (χ3v) is 2.75. The smallest absolute Gasteiger partial charge is 0.337 e. The Morgan fingerprint density at radius 2 is 2.11 bits per heavy atom. The molecule has 8 heteroatoms. The summed E-state index contributed by atoms with van der Waals surface area (Å²) in [5.41, 5.74) is 0.102. The van der Waals surface area contributed by atoms with Crippen LogP contribution in [0.5, 0.6) is 0 Å². The Hall–Kier alpha value is -1.92. The molecule has 92 valence electrons. The molecule has 0 fully saturated rings. The number of rotatable bonds is 3. The maximum Gasteiger partial charge on any atom is 0.337 e. The molecular weight excluding hydrogens is 279 g/mol. The lowest BCUT2D eigenvalue weighted by molar-refractivity contribution is 0.0698. The van der Waals surface area contributed by atoms with Crippen LogP contribution in [-0.4, -0.2) is 26.5 Å². The van der Waals surface area contributed by atoms with Crippen molar-refractivity contribution < 1.29 is 9.90 Å². The van der Waals surface area contributed by atoms with E-state index < -0.39 is 5.97 Å². The SMILES string of the molecule is O=C(O)c1cccc(Cl)c1N(Cl)c1ccnnn1. The second-order valence-corrected chi connectivity index (χ2v) is 3.95. The number of hydrogen-bond donors (Lipinski definition) is 1. The minimum absolute atomic E-state index is 0.0314. The summed E-state index contributed by atoms with van der Waals surface area (Å²) >= 11 is 12.0. The molecule has 1 heterocycles. The molecule has 2 aromatic rings. The minimum atomic E-state index is -1.14. The number of halogens is 2. The van der Waals surface area contributed by atoms with Gasteiger partial charge >= 0.3 is 5.97 Å². The summed E-state index contributed by atoms with van der Waals surface area (Å²) in [5, 5.41) is 19.9. The lowest BCUT2D eigenvalue weighted by Crippen LogP contribution is -2.11. The first kappa shape index (κ1) is 12.5. The number of carboxylic acids is 1. The number of para-hydroxylation sites is 1. The van der Waals surface area contributed by atoms with Crippen LogP contribution in [-0.2, 0) is 0 Å². The van der Waals surface area contributed by atoms with E-state index in [9.17, 15) is 4.79 Å². The van der Waals surface area contributed by atoms with Crippen molar-refractivity contribution in [2.45, 2.75) is 0 Å².